The predicted molar refractivity (Wildman–Crippen MR) is 91.6 cm³/mol. The molecule has 0 aliphatic rings. The molecule has 20 heavy (non-hydrogen) atoms. The van der Waals surface area contributed by atoms with Crippen LogP contribution < -0.4 is 10.6 Å². The van der Waals surface area contributed by atoms with Crippen molar-refractivity contribution in [2.45, 2.75) is 47.5 Å². The zero-order valence-corrected chi connectivity index (χ0v) is 14.2. The van der Waals surface area contributed by atoms with E-state index in [4.69, 9.17) is 22.9 Å². The van der Waals surface area contributed by atoms with Gasteiger partial charge in [-0.3, -0.25) is 0 Å². The fourth-order valence-corrected chi connectivity index (χ4v) is 2.83. The standard InChI is InChI=1S/C16H27N3S/c1-6-13(7-2)10-19(8-3)16-14(15(17)20)11(4)9-12(5)18-16/h9,13H,6-8,10H2,1-5H3,(H2,17,20). The molecule has 1 aromatic rings. The summed E-state index contributed by atoms with van der Waals surface area (Å²) in [5, 5.41) is 0. The summed E-state index contributed by atoms with van der Waals surface area (Å²) in [7, 11) is 0. The lowest BCUT2D eigenvalue weighted by atomic mass is 10.0. The van der Waals surface area contributed by atoms with Crippen LogP contribution >= 0.6 is 12.2 Å². The summed E-state index contributed by atoms with van der Waals surface area (Å²) in [6, 6.07) is 2.04. The molecular formula is C16H27N3S. The topological polar surface area (TPSA) is 42.2 Å². The van der Waals surface area contributed by atoms with Gasteiger partial charge in [0, 0.05) is 18.8 Å². The summed E-state index contributed by atoms with van der Waals surface area (Å²) in [5.74, 6) is 1.63. The summed E-state index contributed by atoms with van der Waals surface area (Å²) in [5.41, 5.74) is 8.98. The van der Waals surface area contributed by atoms with Crippen LogP contribution in [0.4, 0.5) is 5.82 Å². The Hall–Kier alpha value is -1.16. The van der Waals surface area contributed by atoms with E-state index < -0.39 is 0 Å². The van der Waals surface area contributed by atoms with Crippen LogP contribution in [0.3, 0.4) is 0 Å². The third-order valence-electron chi connectivity index (χ3n) is 3.89. The van der Waals surface area contributed by atoms with Crippen LogP contribution in [0, 0.1) is 19.8 Å². The van der Waals surface area contributed by atoms with Crippen LogP contribution in [0.2, 0.25) is 0 Å². The minimum atomic E-state index is 0.438. The predicted octanol–water partition coefficient (Wildman–Crippen LogP) is 3.60. The van der Waals surface area contributed by atoms with Gasteiger partial charge in [0.05, 0.1) is 5.56 Å². The molecule has 0 saturated heterocycles. The lowest BCUT2D eigenvalue weighted by molar-refractivity contribution is 0.484. The number of thiocarbonyl (C=S) groups is 1. The normalized spacial score (nSPS) is 10.9. The fraction of sp³-hybridized carbons (Fsp3) is 0.625. The molecule has 3 nitrogen and oxygen atoms in total. The first-order chi connectivity index (χ1) is 9.44. The van der Waals surface area contributed by atoms with Crippen molar-refractivity contribution in [1.82, 2.24) is 4.98 Å². The Labute approximate surface area is 128 Å². The van der Waals surface area contributed by atoms with Crippen molar-refractivity contribution in [3.8, 4) is 0 Å². The van der Waals surface area contributed by atoms with E-state index in [1.165, 1.54) is 12.8 Å². The molecule has 2 N–H and O–H groups in total. The molecular weight excluding hydrogens is 266 g/mol. The van der Waals surface area contributed by atoms with Crippen LogP contribution in [-0.2, 0) is 0 Å². The fourth-order valence-electron chi connectivity index (χ4n) is 2.57. The van der Waals surface area contributed by atoms with Crippen molar-refractivity contribution in [2.75, 3.05) is 18.0 Å². The number of rotatable bonds is 7. The molecule has 0 saturated carbocycles. The van der Waals surface area contributed by atoms with Gasteiger partial charge in [-0.15, -0.1) is 0 Å². The molecule has 0 bridgehead atoms. The lowest BCUT2D eigenvalue weighted by Gasteiger charge is -2.29. The van der Waals surface area contributed by atoms with E-state index in [1.54, 1.807) is 0 Å². The molecule has 1 rings (SSSR count). The number of hydrogen-bond acceptors (Lipinski definition) is 3. The molecule has 0 amide bonds. The van der Waals surface area contributed by atoms with Gasteiger partial charge in [0.15, 0.2) is 0 Å². The van der Waals surface area contributed by atoms with Crippen LogP contribution in [0.1, 0.15) is 50.4 Å². The highest BCUT2D eigenvalue weighted by atomic mass is 32.1. The first-order valence-electron chi connectivity index (χ1n) is 7.47. The number of nitrogens with zero attached hydrogens (tertiary/aromatic N) is 2. The minimum Gasteiger partial charge on any atom is -0.389 e. The van der Waals surface area contributed by atoms with E-state index in [1.807, 2.05) is 13.0 Å². The monoisotopic (exact) mass is 293 g/mol. The summed E-state index contributed by atoms with van der Waals surface area (Å²) >= 11 is 5.23. The molecule has 112 valence electrons. The first-order valence-corrected chi connectivity index (χ1v) is 7.88. The number of nitrogens with two attached hydrogens (primary N) is 1. The largest absolute Gasteiger partial charge is 0.389 e. The van der Waals surface area contributed by atoms with Crippen LogP contribution in [-0.4, -0.2) is 23.1 Å². The first kappa shape index (κ1) is 16.9. The Morgan fingerprint density at radius 3 is 2.35 bits per heavy atom. The average molecular weight is 293 g/mol. The van der Waals surface area contributed by atoms with E-state index in [0.29, 0.717) is 10.9 Å². The van der Waals surface area contributed by atoms with Crippen molar-refractivity contribution < 1.29 is 0 Å². The SMILES string of the molecule is CCC(CC)CN(CC)c1nc(C)cc(C)c1C(N)=S. The van der Waals surface area contributed by atoms with E-state index in [0.717, 1.165) is 35.7 Å². The molecule has 0 spiro atoms. The van der Waals surface area contributed by atoms with Gasteiger partial charge in [0.2, 0.25) is 0 Å². The number of pyridine rings is 1. The van der Waals surface area contributed by atoms with Crippen LogP contribution in [0.5, 0.6) is 0 Å². The van der Waals surface area contributed by atoms with Gasteiger partial charge in [-0.05, 0) is 38.3 Å². The smallest absolute Gasteiger partial charge is 0.139 e. The molecule has 0 aliphatic heterocycles. The van der Waals surface area contributed by atoms with Crippen molar-refractivity contribution in [3.05, 3.63) is 22.9 Å². The Morgan fingerprint density at radius 1 is 1.30 bits per heavy atom. The number of aromatic nitrogens is 1. The maximum Gasteiger partial charge on any atom is 0.139 e. The maximum absolute atomic E-state index is 5.92. The number of aryl methyl sites for hydroxylation is 2. The second-order valence-corrected chi connectivity index (χ2v) is 5.80. The third kappa shape index (κ3) is 3.92. The third-order valence-corrected chi connectivity index (χ3v) is 4.09. The molecule has 0 unspecified atom stereocenters. The molecule has 4 heteroatoms. The van der Waals surface area contributed by atoms with E-state index in [9.17, 15) is 0 Å². The second-order valence-electron chi connectivity index (χ2n) is 5.36. The van der Waals surface area contributed by atoms with Gasteiger partial charge >= 0.3 is 0 Å². The highest BCUT2D eigenvalue weighted by Gasteiger charge is 2.18. The van der Waals surface area contributed by atoms with Gasteiger partial charge in [-0.2, -0.15) is 0 Å². The van der Waals surface area contributed by atoms with Crippen molar-refractivity contribution in [3.63, 3.8) is 0 Å². The van der Waals surface area contributed by atoms with Crippen LogP contribution in [0.15, 0.2) is 6.07 Å². The minimum absolute atomic E-state index is 0.438. The Balaban J connectivity index is 3.23. The summed E-state index contributed by atoms with van der Waals surface area (Å²) in [6.45, 7) is 12.6. The van der Waals surface area contributed by atoms with Crippen LogP contribution in [0.25, 0.3) is 0 Å². The van der Waals surface area contributed by atoms with Crippen molar-refractivity contribution in [2.24, 2.45) is 11.7 Å². The van der Waals surface area contributed by atoms with Gasteiger partial charge in [-0.25, -0.2) is 4.98 Å². The Bertz CT molecular complexity index is 467. The zero-order valence-electron chi connectivity index (χ0n) is 13.4. The molecule has 0 aromatic carbocycles. The average Bonchev–Trinajstić information content (AvgIpc) is 2.38. The van der Waals surface area contributed by atoms with Gasteiger partial charge in [0.25, 0.3) is 0 Å². The van der Waals surface area contributed by atoms with Gasteiger partial charge in [-0.1, -0.05) is 38.9 Å². The highest BCUT2D eigenvalue weighted by Crippen LogP contribution is 2.24. The quantitative estimate of drug-likeness (QED) is 0.780. The highest BCUT2D eigenvalue weighted by molar-refractivity contribution is 7.80. The Morgan fingerprint density at radius 2 is 1.90 bits per heavy atom. The summed E-state index contributed by atoms with van der Waals surface area (Å²) in [6.07, 6.45) is 2.36. The molecule has 0 atom stereocenters. The Kier molecular flexibility index (Phi) is 6.40. The van der Waals surface area contributed by atoms with Crippen molar-refractivity contribution >= 4 is 23.0 Å². The van der Waals surface area contributed by atoms with E-state index in [2.05, 4.69) is 32.6 Å². The molecule has 0 aliphatic carbocycles. The van der Waals surface area contributed by atoms with Gasteiger partial charge < -0.3 is 10.6 Å². The van der Waals surface area contributed by atoms with Gasteiger partial charge in [0.1, 0.15) is 10.8 Å². The zero-order chi connectivity index (χ0) is 15.3. The maximum atomic E-state index is 5.92. The number of hydrogen-bond donors (Lipinski definition) is 1. The molecule has 0 fully saturated rings. The molecule has 1 heterocycles. The molecule has 1 aromatic heterocycles. The summed E-state index contributed by atoms with van der Waals surface area (Å²) < 4.78 is 0. The lowest BCUT2D eigenvalue weighted by Crippen LogP contribution is -2.32. The van der Waals surface area contributed by atoms with Crippen molar-refractivity contribution in [1.29, 1.82) is 0 Å². The van der Waals surface area contributed by atoms with E-state index in [-0.39, 0.29) is 0 Å². The second kappa shape index (κ2) is 7.58. The molecule has 0 radical (unpaired) electrons. The number of anilines is 1. The summed E-state index contributed by atoms with van der Waals surface area (Å²) in [4.78, 5) is 7.46. The van der Waals surface area contributed by atoms with E-state index >= 15 is 0 Å².